The lowest BCUT2D eigenvalue weighted by Gasteiger charge is -2.36. The predicted molar refractivity (Wildman–Crippen MR) is 97.6 cm³/mol. The molecule has 4 rings (SSSR count). The molecule has 1 fully saturated rings. The maximum absolute atomic E-state index is 13.0. The summed E-state index contributed by atoms with van der Waals surface area (Å²) in [5.41, 5.74) is -0.911. The molecule has 28 heavy (non-hydrogen) atoms. The Kier molecular flexibility index (Phi) is 4.62. The fourth-order valence-corrected chi connectivity index (χ4v) is 3.14. The predicted octanol–water partition coefficient (Wildman–Crippen LogP) is 2.71. The molecule has 0 unspecified atom stereocenters. The van der Waals surface area contributed by atoms with Gasteiger partial charge in [-0.05, 0) is 25.1 Å². The minimum atomic E-state index is -4.48. The van der Waals surface area contributed by atoms with Crippen LogP contribution in [0, 0.1) is 6.92 Å². The Morgan fingerprint density at radius 2 is 1.54 bits per heavy atom. The Morgan fingerprint density at radius 1 is 0.857 bits per heavy atom. The number of aryl methyl sites for hydroxylation is 1. The fraction of sp³-hybridized carbons (Fsp3) is 0.333. The van der Waals surface area contributed by atoms with Gasteiger partial charge in [-0.2, -0.15) is 18.3 Å². The molecule has 4 heterocycles. The number of halogens is 3. The van der Waals surface area contributed by atoms with Gasteiger partial charge < -0.3 is 9.80 Å². The summed E-state index contributed by atoms with van der Waals surface area (Å²) in [6.07, 6.45) is -0.979. The number of rotatable bonds is 3. The lowest BCUT2D eigenvalue weighted by Crippen LogP contribution is -2.47. The van der Waals surface area contributed by atoms with Gasteiger partial charge in [0.25, 0.3) is 0 Å². The van der Waals surface area contributed by atoms with E-state index in [1.807, 2.05) is 35.4 Å². The van der Waals surface area contributed by atoms with Crippen LogP contribution in [-0.4, -0.2) is 50.9 Å². The van der Waals surface area contributed by atoms with Crippen LogP contribution in [0.25, 0.3) is 5.82 Å². The van der Waals surface area contributed by atoms with Crippen LogP contribution in [0.2, 0.25) is 0 Å². The van der Waals surface area contributed by atoms with Gasteiger partial charge in [0.05, 0.1) is 0 Å². The number of aromatic nitrogens is 5. The molecule has 0 amide bonds. The van der Waals surface area contributed by atoms with Crippen LogP contribution < -0.4 is 9.80 Å². The molecule has 0 N–H and O–H groups in total. The van der Waals surface area contributed by atoms with E-state index in [0.717, 1.165) is 11.9 Å². The van der Waals surface area contributed by atoms with Gasteiger partial charge in [-0.15, -0.1) is 0 Å². The molecule has 10 heteroatoms. The standard InChI is InChI=1S/C18H18F3N7/c1-13-23-14(18(19,20)21)12-17(24-13)27-10-8-26(9-11-27)15-4-2-5-16(25-15)28-7-3-6-22-28/h2-7,12H,8-11H2,1H3. The first-order valence-corrected chi connectivity index (χ1v) is 8.80. The van der Waals surface area contributed by atoms with E-state index < -0.39 is 11.9 Å². The summed E-state index contributed by atoms with van der Waals surface area (Å²) in [4.78, 5) is 16.3. The second kappa shape index (κ2) is 7.10. The molecule has 1 saturated heterocycles. The first kappa shape index (κ1) is 18.2. The van der Waals surface area contributed by atoms with Crippen LogP contribution >= 0.6 is 0 Å². The van der Waals surface area contributed by atoms with Crippen molar-refractivity contribution in [3.05, 3.63) is 54.2 Å². The Hall–Kier alpha value is -3.17. The van der Waals surface area contributed by atoms with Crippen LogP contribution in [0.1, 0.15) is 11.5 Å². The molecule has 3 aromatic rings. The average Bonchev–Trinajstić information content (AvgIpc) is 3.22. The number of pyridine rings is 1. The zero-order valence-electron chi connectivity index (χ0n) is 15.1. The summed E-state index contributed by atoms with van der Waals surface area (Å²) in [5.74, 6) is 1.94. The Balaban J connectivity index is 1.48. The van der Waals surface area contributed by atoms with Crippen LogP contribution in [-0.2, 0) is 6.18 Å². The van der Waals surface area contributed by atoms with Gasteiger partial charge in [-0.1, -0.05) is 6.07 Å². The van der Waals surface area contributed by atoms with Crippen molar-refractivity contribution >= 4 is 11.6 Å². The molecule has 146 valence electrons. The fourth-order valence-electron chi connectivity index (χ4n) is 3.14. The molecule has 0 saturated carbocycles. The zero-order chi connectivity index (χ0) is 19.7. The van der Waals surface area contributed by atoms with Gasteiger partial charge in [0, 0.05) is 44.6 Å². The minimum absolute atomic E-state index is 0.112. The summed E-state index contributed by atoms with van der Waals surface area (Å²) in [5, 5.41) is 4.18. The molecule has 1 aliphatic rings. The van der Waals surface area contributed by atoms with E-state index in [0.29, 0.717) is 37.8 Å². The van der Waals surface area contributed by atoms with E-state index in [4.69, 9.17) is 0 Å². The number of alkyl halides is 3. The molecule has 0 aliphatic carbocycles. The summed E-state index contributed by atoms with van der Waals surface area (Å²) in [6, 6.07) is 8.54. The van der Waals surface area contributed by atoms with E-state index in [1.165, 1.54) is 6.92 Å². The number of nitrogens with zero attached hydrogens (tertiary/aromatic N) is 7. The second-order valence-electron chi connectivity index (χ2n) is 6.44. The third-order valence-corrected chi connectivity index (χ3v) is 4.50. The van der Waals surface area contributed by atoms with Crippen molar-refractivity contribution in [1.82, 2.24) is 24.7 Å². The van der Waals surface area contributed by atoms with Crippen LogP contribution in [0.4, 0.5) is 24.8 Å². The average molecular weight is 389 g/mol. The molecule has 1 aliphatic heterocycles. The monoisotopic (exact) mass is 389 g/mol. The van der Waals surface area contributed by atoms with Gasteiger partial charge in [0.2, 0.25) is 0 Å². The number of anilines is 2. The number of hydrogen-bond donors (Lipinski definition) is 0. The Bertz CT molecular complexity index is 948. The van der Waals surface area contributed by atoms with E-state index in [9.17, 15) is 13.2 Å². The van der Waals surface area contributed by atoms with Gasteiger partial charge >= 0.3 is 6.18 Å². The van der Waals surface area contributed by atoms with Gasteiger partial charge in [0.1, 0.15) is 23.2 Å². The summed E-state index contributed by atoms with van der Waals surface area (Å²) in [6.45, 7) is 3.81. The van der Waals surface area contributed by atoms with Crippen molar-refractivity contribution in [1.29, 1.82) is 0 Å². The van der Waals surface area contributed by atoms with E-state index in [2.05, 4.69) is 25.0 Å². The number of hydrogen-bond acceptors (Lipinski definition) is 6. The zero-order valence-corrected chi connectivity index (χ0v) is 15.1. The Labute approximate surface area is 159 Å². The van der Waals surface area contributed by atoms with Gasteiger partial charge in [-0.25, -0.2) is 19.6 Å². The smallest absolute Gasteiger partial charge is 0.353 e. The highest BCUT2D eigenvalue weighted by Gasteiger charge is 2.34. The van der Waals surface area contributed by atoms with Crippen LogP contribution in [0.5, 0.6) is 0 Å². The first-order chi connectivity index (χ1) is 13.4. The van der Waals surface area contributed by atoms with E-state index >= 15 is 0 Å². The molecule has 3 aromatic heterocycles. The summed E-state index contributed by atoms with van der Waals surface area (Å²) >= 11 is 0. The largest absolute Gasteiger partial charge is 0.433 e. The summed E-state index contributed by atoms with van der Waals surface area (Å²) in [7, 11) is 0. The molecule has 0 spiro atoms. The van der Waals surface area contributed by atoms with E-state index in [-0.39, 0.29) is 5.82 Å². The SMILES string of the molecule is Cc1nc(N2CCN(c3cccc(-n4cccn4)n3)CC2)cc(C(F)(F)F)n1. The highest BCUT2D eigenvalue weighted by atomic mass is 19.4. The van der Waals surface area contributed by atoms with Crippen LogP contribution in [0.15, 0.2) is 42.7 Å². The highest BCUT2D eigenvalue weighted by Crippen LogP contribution is 2.30. The molecule has 0 bridgehead atoms. The third-order valence-electron chi connectivity index (χ3n) is 4.50. The molecular formula is C18H18F3N7. The second-order valence-corrected chi connectivity index (χ2v) is 6.44. The van der Waals surface area contributed by atoms with Crippen molar-refractivity contribution in [2.75, 3.05) is 36.0 Å². The van der Waals surface area contributed by atoms with Gasteiger partial charge in [0.15, 0.2) is 5.82 Å². The third kappa shape index (κ3) is 3.75. The molecule has 0 aromatic carbocycles. The van der Waals surface area contributed by atoms with E-state index in [1.54, 1.807) is 10.9 Å². The van der Waals surface area contributed by atoms with Crippen molar-refractivity contribution in [2.24, 2.45) is 0 Å². The number of piperazine rings is 1. The van der Waals surface area contributed by atoms with Crippen molar-refractivity contribution < 1.29 is 13.2 Å². The van der Waals surface area contributed by atoms with Crippen molar-refractivity contribution in [3.63, 3.8) is 0 Å². The highest BCUT2D eigenvalue weighted by molar-refractivity contribution is 5.47. The van der Waals surface area contributed by atoms with Crippen LogP contribution in [0.3, 0.4) is 0 Å². The topological polar surface area (TPSA) is 63.0 Å². The quantitative estimate of drug-likeness (QED) is 0.687. The van der Waals surface area contributed by atoms with Crippen molar-refractivity contribution in [3.8, 4) is 5.82 Å². The maximum atomic E-state index is 13.0. The molecular weight excluding hydrogens is 371 g/mol. The minimum Gasteiger partial charge on any atom is -0.353 e. The normalized spacial score (nSPS) is 15.1. The Morgan fingerprint density at radius 3 is 2.18 bits per heavy atom. The molecule has 0 atom stereocenters. The summed E-state index contributed by atoms with van der Waals surface area (Å²) < 4.78 is 40.7. The van der Waals surface area contributed by atoms with Crippen molar-refractivity contribution in [2.45, 2.75) is 13.1 Å². The first-order valence-electron chi connectivity index (χ1n) is 8.80. The molecule has 0 radical (unpaired) electrons. The van der Waals surface area contributed by atoms with Gasteiger partial charge in [-0.3, -0.25) is 0 Å². The lowest BCUT2D eigenvalue weighted by molar-refractivity contribution is -0.141. The maximum Gasteiger partial charge on any atom is 0.433 e. The molecule has 7 nitrogen and oxygen atoms in total. The lowest BCUT2D eigenvalue weighted by atomic mass is 10.2.